The van der Waals surface area contributed by atoms with E-state index in [1.54, 1.807) is 7.05 Å². The van der Waals surface area contributed by atoms with Crippen molar-refractivity contribution in [2.45, 2.75) is 52.5 Å². The van der Waals surface area contributed by atoms with E-state index in [1.807, 2.05) is 6.92 Å². The van der Waals surface area contributed by atoms with E-state index in [4.69, 9.17) is 4.74 Å². The van der Waals surface area contributed by atoms with Crippen molar-refractivity contribution in [3.63, 3.8) is 0 Å². The molecule has 0 unspecified atom stereocenters. The molecule has 0 amide bonds. The summed E-state index contributed by atoms with van der Waals surface area (Å²) in [5.74, 6) is 0.848. The van der Waals surface area contributed by atoms with Gasteiger partial charge in [0, 0.05) is 33.4 Å². The highest BCUT2D eigenvalue weighted by atomic mass is 16.5. The van der Waals surface area contributed by atoms with Gasteiger partial charge in [0.2, 0.25) is 0 Å². The molecule has 130 valence electrons. The molecule has 4 heteroatoms. The summed E-state index contributed by atoms with van der Waals surface area (Å²) < 4.78 is 5.33. The lowest BCUT2D eigenvalue weighted by Crippen LogP contribution is -2.37. The quantitative estimate of drug-likeness (QED) is 0.438. The van der Waals surface area contributed by atoms with Gasteiger partial charge in [-0.2, -0.15) is 0 Å². The summed E-state index contributed by atoms with van der Waals surface area (Å²) in [6.45, 7) is 12.1. The molecular formula is C19H33N3O. The molecule has 2 N–H and O–H groups in total. The highest BCUT2D eigenvalue weighted by Gasteiger charge is 2.12. The van der Waals surface area contributed by atoms with E-state index >= 15 is 0 Å². The predicted molar refractivity (Wildman–Crippen MR) is 99.1 cm³/mol. The minimum Gasteiger partial charge on any atom is -0.382 e. The van der Waals surface area contributed by atoms with E-state index in [2.05, 4.69) is 60.7 Å². The smallest absolute Gasteiger partial charge is 0.191 e. The molecule has 0 spiro atoms. The summed E-state index contributed by atoms with van der Waals surface area (Å²) in [4.78, 5) is 4.26. The Morgan fingerprint density at radius 2 is 1.78 bits per heavy atom. The first-order chi connectivity index (χ1) is 11.0. The average molecular weight is 319 g/mol. The van der Waals surface area contributed by atoms with Crippen molar-refractivity contribution in [2.24, 2.45) is 4.99 Å². The largest absolute Gasteiger partial charge is 0.382 e. The average Bonchev–Trinajstić information content (AvgIpc) is 2.53. The van der Waals surface area contributed by atoms with Crippen molar-refractivity contribution < 1.29 is 4.74 Å². The molecule has 0 saturated carbocycles. The first kappa shape index (κ1) is 19.5. The van der Waals surface area contributed by atoms with Crippen LogP contribution >= 0.6 is 0 Å². The first-order valence-electron chi connectivity index (χ1n) is 8.59. The van der Waals surface area contributed by atoms with Gasteiger partial charge in [0.25, 0.3) is 0 Å². The number of hydrogen-bond acceptors (Lipinski definition) is 2. The third-order valence-electron chi connectivity index (χ3n) is 3.72. The zero-order chi connectivity index (χ0) is 17.1. The minimum absolute atomic E-state index is 0.199. The molecule has 0 aliphatic rings. The van der Waals surface area contributed by atoms with Gasteiger partial charge in [-0.25, -0.2) is 0 Å². The minimum atomic E-state index is 0.199. The molecule has 1 rings (SSSR count). The number of hydrogen-bond donors (Lipinski definition) is 2. The van der Waals surface area contributed by atoms with E-state index in [0.717, 1.165) is 45.1 Å². The summed E-state index contributed by atoms with van der Waals surface area (Å²) in [5.41, 5.74) is 2.82. The van der Waals surface area contributed by atoms with Crippen molar-refractivity contribution in [2.75, 3.05) is 26.8 Å². The van der Waals surface area contributed by atoms with Crippen molar-refractivity contribution in [1.29, 1.82) is 0 Å². The van der Waals surface area contributed by atoms with Crippen LogP contribution in [0.15, 0.2) is 29.3 Å². The van der Waals surface area contributed by atoms with Crippen molar-refractivity contribution in [1.82, 2.24) is 10.6 Å². The third kappa shape index (κ3) is 8.03. The number of nitrogens with one attached hydrogen (secondary N) is 2. The lowest BCUT2D eigenvalue weighted by atomic mass is 9.87. The van der Waals surface area contributed by atoms with Crippen LogP contribution in [0.2, 0.25) is 0 Å². The van der Waals surface area contributed by atoms with E-state index in [-0.39, 0.29) is 5.41 Å². The Balaban J connectivity index is 2.31. The summed E-state index contributed by atoms with van der Waals surface area (Å²) in [6, 6.07) is 8.79. The fourth-order valence-electron chi connectivity index (χ4n) is 2.21. The molecule has 0 bridgehead atoms. The summed E-state index contributed by atoms with van der Waals surface area (Å²) in [5, 5.41) is 6.69. The Hall–Kier alpha value is -1.55. The molecule has 0 aliphatic carbocycles. The van der Waals surface area contributed by atoms with Gasteiger partial charge >= 0.3 is 0 Å². The molecule has 4 nitrogen and oxygen atoms in total. The summed E-state index contributed by atoms with van der Waals surface area (Å²) in [6.07, 6.45) is 2.16. The van der Waals surface area contributed by atoms with E-state index in [1.165, 1.54) is 11.1 Å². The maximum atomic E-state index is 5.33. The zero-order valence-electron chi connectivity index (χ0n) is 15.4. The summed E-state index contributed by atoms with van der Waals surface area (Å²) >= 11 is 0. The van der Waals surface area contributed by atoms with Crippen LogP contribution in [0.4, 0.5) is 0 Å². The van der Waals surface area contributed by atoms with Crippen molar-refractivity contribution >= 4 is 5.96 Å². The normalized spacial score (nSPS) is 12.3. The number of benzene rings is 1. The second-order valence-electron chi connectivity index (χ2n) is 6.70. The molecule has 0 saturated heterocycles. The van der Waals surface area contributed by atoms with Gasteiger partial charge in [-0.05, 0) is 36.3 Å². The lowest BCUT2D eigenvalue weighted by molar-refractivity contribution is 0.143. The highest BCUT2D eigenvalue weighted by molar-refractivity contribution is 5.79. The first-order valence-corrected chi connectivity index (χ1v) is 8.59. The third-order valence-corrected chi connectivity index (χ3v) is 3.72. The Morgan fingerprint density at radius 3 is 2.35 bits per heavy atom. The molecule has 1 aromatic carbocycles. The number of aliphatic imine (C=N–C) groups is 1. The highest BCUT2D eigenvalue weighted by Crippen LogP contribution is 2.22. The Kier molecular flexibility index (Phi) is 8.70. The molecule has 0 aliphatic heterocycles. The zero-order valence-corrected chi connectivity index (χ0v) is 15.4. The molecule has 0 radical (unpaired) electrons. The Bertz CT molecular complexity index is 460. The molecule has 1 aromatic rings. The van der Waals surface area contributed by atoms with Gasteiger partial charge in [-0.3, -0.25) is 4.99 Å². The topological polar surface area (TPSA) is 45.6 Å². The molecule has 0 atom stereocenters. The van der Waals surface area contributed by atoms with Crippen molar-refractivity contribution in [3.8, 4) is 0 Å². The van der Waals surface area contributed by atoms with Gasteiger partial charge in [-0.15, -0.1) is 0 Å². The van der Waals surface area contributed by atoms with Gasteiger partial charge in [0.1, 0.15) is 0 Å². The van der Waals surface area contributed by atoms with Crippen LogP contribution in [-0.4, -0.2) is 32.8 Å². The predicted octanol–water partition coefficient (Wildman–Crippen LogP) is 3.47. The second-order valence-corrected chi connectivity index (χ2v) is 6.70. The lowest BCUT2D eigenvalue weighted by Gasteiger charge is -2.19. The number of rotatable bonds is 8. The molecule has 0 fully saturated rings. The molecule has 0 heterocycles. The molecule has 23 heavy (non-hydrogen) atoms. The number of nitrogens with zero attached hydrogens (tertiary/aromatic N) is 1. The van der Waals surface area contributed by atoms with Crippen LogP contribution < -0.4 is 10.6 Å². The van der Waals surface area contributed by atoms with Crippen LogP contribution in [-0.2, 0) is 16.7 Å². The van der Waals surface area contributed by atoms with Gasteiger partial charge in [-0.1, -0.05) is 45.0 Å². The maximum absolute atomic E-state index is 5.33. The number of unbranched alkanes of at least 4 members (excludes halogenated alkanes) is 1. The number of ether oxygens (including phenoxy) is 1. The van der Waals surface area contributed by atoms with Gasteiger partial charge in [0.15, 0.2) is 5.96 Å². The molecular weight excluding hydrogens is 286 g/mol. The van der Waals surface area contributed by atoms with Gasteiger partial charge in [0.05, 0.1) is 0 Å². The van der Waals surface area contributed by atoms with Crippen molar-refractivity contribution in [3.05, 3.63) is 35.4 Å². The fraction of sp³-hybridized carbons (Fsp3) is 0.632. The van der Waals surface area contributed by atoms with Gasteiger partial charge < -0.3 is 15.4 Å². The van der Waals surface area contributed by atoms with Crippen LogP contribution in [0.1, 0.15) is 51.7 Å². The standard InChI is InChI=1S/C19H33N3O/c1-6-23-14-8-7-13-21-18(20-5)22-15-16-9-11-17(12-10-16)19(2,3)4/h9-12H,6-8,13-15H2,1-5H3,(H2,20,21,22). The van der Waals surface area contributed by atoms with E-state index in [9.17, 15) is 0 Å². The SMILES string of the molecule is CCOCCCCNC(=NC)NCc1ccc(C(C)(C)C)cc1. The second kappa shape index (κ2) is 10.3. The Morgan fingerprint density at radius 1 is 1.09 bits per heavy atom. The Labute approximate surface area is 141 Å². The fourth-order valence-corrected chi connectivity index (χ4v) is 2.21. The van der Waals surface area contributed by atoms with E-state index in [0.29, 0.717) is 0 Å². The van der Waals surface area contributed by atoms with Crippen LogP contribution in [0.25, 0.3) is 0 Å². The maximum Gasteiger partial charge on any atom is 0.191 e. The van der Waals surface area contributed by atoms with E-state index < -0.39 is 0 Å². The number of guanidine groups is 1. The van der Waals surface area contributed by atoms with Crippen LogP contribution in [0.3, 0.4) is 0 Å². The monoisotopic (exact) mass is 319 g/mol. The van der Waals surface area contributed by atoms with Crippen LogP contribution in [0.5, 0.6) is 0 Å². The molecule has 0 aromatic heterocycles. The van der Waals surface area contributed by atoms with Crippen LogP contribution in [0, 0.1) is 0 Å². The summed E-state index contributed by atoms with van der Waals surface area (Å²) in [7, 11) is 1.80.